The van der Waals surface area contributed by atoms with Gasteiger partial charge in [-0.15, -0.1) is 0 Å². The second kappa shape index (κ2) is 9.36. The fourth-order valence-corrected chi connectivity index (χ4v) is 2.80. The average molecular weight is 385 g/mol. The molecule has 0 aliphatic carbocycles. The van der Waals surface area contributed by atoms with E-state index in [1.54, 1.807) is 24.3 Å². The lowest BCUT2D eigenvalue weighted by Gasteiger charge is -2.15. The van der Waals surface area contributed by atoms with Gasteiger partial charge in [0.1, 0.15) is 12.0 Å². The third-order valence-corrected chi connectivity index (χ3v) is 4.34. The van der Waals surface area contributed by atoms with E-state index in [4.69, 9.17) is 15.2 Å². The van der Waals surface area contributed by atoms with Crippen molar-refractivity contribution in [2.75, 3.05) is 36.1 Å². The summed E-state index contributed by atoms with van der Waals surface area (Å²) in [6, 6.07) is 6.98. The van der Waals surface area contributed by atoms with E-state index in [0.717, 1.165) is 25.1 Å². The van der Waals surface area contributed by atoms with Crippen LogP contribution in [-0.2, 0) is 9.47 Å². The van der Waals surface area contributed by atoms with E-state index in [2.05, 4.69) is 20.6 Å². The topological polar surface area (TPSA) is 111 Å². The van der Waals surface area contributed by atoms with E-state index in [-0.39, 0.29) is 12.1 Å². The molecule has 150 valence electrons. The Morgan fingerprint density at radius 1 is 1.29 bits per heavy atom. The predicted octanol–water partition coefficient (Wildman–Crippen LogP) is 3.21. The van der Waals surface area contributed by atoms with Gasteiger partial charge in [0.2, 0.25) is 0 Å². The van der Waals surface area contributed by atoms with Gasteiger partial charge in [-0.3, -0.25) is 0 Å². The molecule has 28 heavy (non-hydrogen) atoms. The maximum Gasteiger partial charge on any atom is 0.338 e. The Bertz CT molecular complexity index is 789. The van der Waals surface area contributed by atoms with Crippen LogP contribution in [0.3, 0.4) is 0 Å². The fraction of sp³-hybridized carbons (Fsp3) is 0.450. The van der Waals surface area contributed by atoms with Crippen LogP contribution in [0.4, 0.5) is 23.0 Å². The van der Waals surface area contributed by atoms with Gasteiger partial charge in [0.25, 0.3) is 0 Å². The summed E-state index contributed by atoms with van der Waals surface area (Å²) in [5, 5.41) is 6.38. The first-order chi connectivity index (χ1) is 13.5. The molecule has 8 heteroatoms. The first-order valence-corrected chi connectivity index (χ1v) is 9.53. The van der Waals surface area contributed by atoms with Crippen LogP contribution >= 0.6 is 0 Å². The number of nitrogen functional groups attached to an aromatic ring is 1. The smallest absolute Gasteiger partial charge is 0.338 e. The molecular formula is C20H27N5O3. The molecule has 1 atom stereocenters. The van der Waals surface area contributed by atoms with Crippen LogP contribution in [0.1, 0.15) is 37.0 Å². The molecule has 1 aliphatic heterocycles. The maximum absolute atomic E-state index is 12.0. The van der Waals surface area contributed by atoms with Crippen molar-refractivity contribution in [1.82, 2.24) is 9.97 Å². The molecule has 2 aromatic rings. The van der Waals surface area contributed by atoms with Crippen molar-refractivity contribution < 1.29 is 14.3 Å². The number of benzene rings is 1. The number of aromatic nitrogens is 2. The second-order valence-electron chi connectivity index (χ2n) is 7.20. The van der Waals surface area contributed by atoms with Crippen molar-refractivity contribution in [2.45, 2.75) is 32.8 Å². The van der Waals surface area contributed by atoms with Crippen LogP contribution in [0.2, 0.25) is 0 Å². The minimum atomic E-state index is -0.331. The zero-order chi connectivity index (χ0) is 19.9. The van der Waals surface area contributed by atoms with Crippen molar-refractivity contribution in [3.63, 3.8) is 0 Å². The Kier molecular flexibility index (Phi) is 6.65. The Morgan fingerprint density at radius 2 is 2.04 bits per heavy atom. The lowest BCUT2D eigenvalue weighted by atomic mass is 10.2. The van der Waals surface area contributed by atoms with Crippen molar-refractivity contribution >= 4 is 29.0 Å². The van der Waals surface area contributed by atoms with E-state index >= 15 is 0 Å². The van der Waals surface area contributed by atoms with E-state index in [9.17, 15) is 4.79 Å². The number of ether oxygens (including phenoxy) is 2. The number of hydrogen-bond donors (Lipinski definition) is 3. The third-order valence-electron chi connectivity index (χ3n) is 4.34. The molecule has 0 saturated carbocycles. The SMILES string of the molecule is CC(C)COC(=O)c1ccc(Nc2ncnc(NCC3CCCO3)c2N)cc1. The Morgan fingerprint density at radius 3 is 2.71 bits per heavy atom. The minimum absolute atomic E-state index is 0.189. The first-order valence-electron chi connectivity index (χ1n) is 9.53. The third kappa shape index (κ3) is 5.32. The van der Waals surface area contributed by atoms with E-state index < -0.39 is 0 Å². The summed E-state index contributed by atoms with van der Waals surface area (Å²) in [6.45, 7) is 5.86. The van der Waals surface area contributed by atoms with Gasteiger partial charge in [-0.25, -0.2) is 14.8 Å². The van der Waals surface area contributed by atoms with E-state index in [1.807, 2.05) is 13.8 Å². The standard InChI is InChI=1S/C20H27N5O3/c1-13(2)11-28-20(26)14-5-7-15(8-6-14)25-19-17(21)18(23-12-24-19)22-10-16-4-3-9-27-16/h5-8,12-13,16H,3-4,9-11,21H2,1-2H3,(H2,22,23,24,25). The lowest BCUT2D eigenvalue weighted by molar-refractivity contribution is 0.0459. The number of hydrogen-bond acceptors (Lipinski definition) is 8. The van der Waals surface area contributed by atoms with Crippen molar-refractivity contribution in [3.05, 3.63) is 36.2 Å². The number of nitrogens with zero attached hydrogens (tertiary/aromatic N) is 2. The molecule has 1 aromatic carbocycles. The van der Waals surface area contributed by atoms with Gasteiger partial charge in [0.15, 0.2) is 11.6 Å². The highest BCUT2D eigenvalue weighted by Crippen LogP contribution is 2.26. The van der Waals surface area contributed by atoms with Crippen LogP contribution in [0.15, 0.2) is 30.6 Å². The molecule has 1 fully saturated rings. The highest BCUT2D eigenvalue weighted by Gasteiger charge is 2.16. The molecule has 0 spiro atoms. The van der Waals surface area contributed by atoms with Crippen LogP contribution in [0, 0.1) is 5.92 Å². The summed E-state index contributed by atoms with van der Waals surface area (Å²) in [4.78, 5) is 20.4. The summed E-state index contributed by atoms with van der Waals surface area (Å²) in [6.07, 6.45) is 3.76. The van der Waals surface area contributed by atoms with Gasteiger partial charge in [-0.1, -0.05) is 13.8 Å². The Labute approximate surface area is 164 Å². The molecule has 1 saturated heterocycles. The highest BCUT2D eigenvalue weighted by atomic mass is 16.5. The normalized spacial score (nSPS) is 16.2. The molecule has 0 bridgehead atoms. The number of nitrogens with one attached hydrogen (secondary N) is 2. The molecule has 4 N–H and O–H groups in total. The maximum atomic E-state index is 12.0. The Hall–Kier alpha value is -2.87. The van der Waals surface area contributed by atoms with Gasteiger partial charge in [0.05, 0.1) is 18.3 Å². The molecule has 0 radical (unpaired) electrons. The summed E-state index contributed by atoms with van der Waals surface area (Å²) in [7, 11) is 0. The first kappa shape index (κ1) is 19.9. The predicted molar refractivity (Wildman–Crippen MR) is 109 cm³/mol. The fourth-order valence-electron chi connectivity index (χ4n) is 2.80. The van der Waals surface area contributed by atoms with Gasteiger partial charge in [-0.05, 0) is 43.0 Å². The van der Waals surface area contributed by atoms with Gasteiger partial charge in [0, 0.05) is 18.8 Å². The number of anilines is 4. The van der Waals surface area contributed by atoms with Crippen LogP contribution in [0.25, 0.3) is 0 Å². The quantitative estimate of drug-likeness (QED) is 0.594. The molecule has 1 aromatic heterocycles. The summed E-state index contributed by atoms with van der Waals surface area (Å²) in [5.74, 6) is 1.04. The number of carbonyl (C=O) groups excluding carboxylic acids is 1. The zero-order valence-corrected chi connectivity index (χ0v) is 16.3. The lowest BCUT2D eigenvalue weighted by Crippen LogP contribution is -2.20. The second-order valence-corrected chi connectivity index (χ2v) is 7.20. The molecule has 3 rings (SSSR count). The van der Waals surface area contributed by atoms with Crippen molar-refractivity contribution in [2.24, 2.45) is 5.92 Å². The molecule has 1 unspecified atom stereocenters. The average Bonchev–Trinajstić information content (AvgIpc) is 3.21. The molecule has 2 heterocycles. The van der Waals surface area contributed by atoms with Gasteiger partial charge in [-0.2, -0.15) is 0 Å². The largest absolute Gasteiger partial charge is 0.462 e. The van der Waals surface area contributed by atoms with Crippen LogP contribution in [-0.4, -0.2) is 41.8 Å². The Balaban J connectivity index is 1.61. The van der Waals surface area contributed by atoms with Crippen LogP contribution in [0.5, 0.6) is 0 Å². The molecular weight excluding hydrogens is 358 g/mol. The monoisotopic (exact) mass is 385 g/mol. The van der Waals surface area contributed by atoms with E-state index in [0.29, 0.717) is 42.0 Å². The molecule has 8 nitrogen and oxygen atoms in total. The summed E-state index contributed by atoms with van der Waals surface area (Å²) in [5.41, 5.74) is 7.89. The summed E-state index contributed by atoms with van der Waals surface area (Å²) >= 11 is 0. The zero-order valence-electron chi connectivity index (χ0n) is 16.3. The minimum Gasteiger partial charge on any atom is -0.462 e. The molecule has 1 aliphatic rings. The number of carbonyl (C=O) groups is 1. The van der Waals surface area contributed by atoms with Crippen LogP contribution < -0.4 is 16.4 Å². The van der Waals surface area contributed by atoms with E-state index in [1.165, 1.54) is 6.33 Å². The number of esters is 1. The number of nitrogens with two attached hydrogens (primary N) is 1. The van der Waals surface area contributed by atoms with Crippen molar-refractivity contribution in [1.29, 1.82) is 0 Å². The number of rotatable bonds is 8. The molecule has 0 amide bonds. The van der Waals surface area contributed by atoms with Gasteiger partial charge >= 0.3 is 5.97 Å². The van der Waals surface area contributed by atoms with Gasteiger partial charge < -0.3 is 25.8 Å². The summed E-state index contributed by atoms with van der Waals surface area (Å²) < 4.78 is 10.8. The highest BCUT2D eigenvalue weighted by molar-refractivity contribution is 5.90. The van der Waals surface area contributed by atoms with Crippen molar-refractivity contribution in [3.8, 4) is 0 Å².